The van der Waals surface area contributed by atoms with Gasteiger partial charge in [-0.05, 0) is 12.1 Å². The van der Waals surface area contributed by atoms with Gasteiger partial charge in [-0.2, -0.15) is 0 Å². The van der Waals surface area contributed by atoms with Gasteiger partial charge in [0.05, 0.1) is 0 Å². The molecule has 0 fully saturated rings. The molecule has 1 aromatic heterocycles. The van der Waals surface area contributed by atoms with Crippen molar-refractivity contribution in [1.82, 2.24) is 4.98 Å². The Balaban J connectivity index is 2.94. The van der Waals surface area contributed by atoms with E-state index >= 15 is 0 Å². The summed E-state index contributed by atoms with van der Waals surface area (Å²) in [6.45, 7) is 0. The molecule has 3 N–H and O–H groups in total. The molecular formula is C5H6ClN3. The van der Waals surface area contributed by atoms with Crippen LogP contribution in [0.15, 0.2) is 18.2 Å². The summed E-state index contributed by atoms with van der Waals surface area (Å²) in [5, 5.41) is 0.436. The van der Waals surface area contributed by atoms with Gasteiger partial charge in [-0.1, -0.05) is 17.7 Å². The van der Waals surface area contributed by atoms with Gasteiger partial charge in [-0.3, -0.25) is 0 Å². The Kier molecular flexibility index (Phi) is 1.87. The van der Waals surface area contributed by atoms with Crippen molar-refractivity contribution in [2.24, 2.45) is 5.84 Å². The smallest absolute Gasteiger partial charge is 0.141 e. The molecule has 0 aliphatic rings. The minimum absolute atomic E-state index is 0.436. The van der Waals surface area contributed by atoms with Crippen molar-refractivity contribution < 1.29 is 0 Å². The summed E-state index contributed by atoms with van der Waals surface area (Å²) in [5.41, 5.74) is 2.37. The van der Waals surface area contributed by atoms with Crippen molar-refractivity contribution in [1.29, 1.82) is 0 Å². The molecule has 0 spiro atoms. The molecule has 1 heterocycles. The lowest BCUT2D eigenvalue weighted by atomic mass is 10.5. The molecule has 0 bridgehead atoms. The van der Waals surface area contributed by atoms with E-state index in [0.717, 1.165) is 0 Å². The Morgan fingerprint density at radius 1 is 1.56 bits per heavy atom. The highest BCUT2D eigenvalue weighted by molar-refractivity contribution is 6.29. The SMILES string of the molecule is NNc1cccc(Cl)n1. The van der Waals surface area contributed by atoms with Crippen LogP contribution in [0.5, 0.6) is 0 Å². The molecule has 0 amide bonds. The fourth-order valence-corrected chi connectivity index (χ4v) is 0.652. The Hall–Kier alpha value is -0.800. The van der Waals surface area contributed by atoms with Gasteiger partial charge in [0.25, 0.3) is 0 Å². The van der Waals surface area contributed by atoms with Crippen LogP contribution in [0.25, 0.3) is 0 Å². The van der Waals surface area contributed by atoms with Crippen LogP contribution in [0.4, 0.5) is 5.82 Å². The first kappa shape index (κ1) is 6.32. The first-order valence-corrected chi connectivity index (χ1v) is 2.80. The molecule has 4 heteroatoms. The Bertz CT molecular complexity index is 201. The third kappa shape index (κ3) is 1.55. The van der Waals surface area contributed by atoms with Gasteiger partial charge in [0.2, 0.25) is 0 Å². The lowest BCUT2D eigenvalue weighted by Gasteiger charge is -1.95. The maximum absolute atomic E-state index is 5.52. The molecule has 0 atom stereocenters. The Morgan fingerprint density at radius 3 is 2.78 bits per heavy atom. The second-order valence-electron chi connectivity index (χ2n) is 1.49. The van der Waals surface area contributed by atoms with E-state index in [9.17, 15) is 0 Å². The first-order valence-electron chi connectivity index (χ1n) is 2.42. The number of halogens is 1. The zero-order chi connectivity index (χ0) is 6.69. The molecule has 0 saturated carbocycles. The second kappa shape index (κ2) is 2.66. The van der Waals surface area contributed by atoms with Gasteiger partial charge in [-0.15, -0.1) is 0 Å². The van der Waals surface area contributed by atoms with Gasteiger partial charge in [-0.25, -0.2) is 10.8 Å². The largest absolute Gasteiger partial charge is 0.308 e. The average molecular weight is 144 g/mol. The standard InChI is InChI=1S/C5H6ClN3/c6-4-2-1-3-5(8-4)9-7/h1-3H,7H2,(H,8,9). The number of nitrogens with zero attached hydrogens (tertiary/aromatic N) is 1. The number of aromatic nitrogens is 1. The number of nitrogens with one attached hydrogen (secondary N) is 1. The summed E-state index contributed by atoms with van der Waals surface area (Å²) in [4.78, 5) is 3.82. The van der Waals surface area contributed by atoms with Crippen LogP contribution in [0.3, 0.4) is 0 Å². The van der Waals surface area contributed by atoms with Crippen LogP contribution >= 0.6 is 11.6 Å². The van der Waals surface area contributed by atoms with Crippen molar-refractivity contribution in [3.63, 3.8) is 0 Å². The molecular weight excluding hydrogens is 138 g/mol. The highest BCUT2D eigenvalue weighted by Gasteiger charge is 1.88. The summed E-state index contributed by atoms with van der Waals surface area (Å²) in [5.74, 6) is 5.62. The maximum atomic E-state index is 5.52. The number of anilines is 1. The first-order chi connectivity index (χ1) is 4.33. The summed E-state index contributed by atoms with van der Waals surface area (Å²) in [7, 11) is 0. The highest BCUT2D eigenvalue weighted by Crippen LogP contribution is 2.06. The zero-order valence-corrected chi connectivity index (χ0v) is 5.39. The minimum Gasteiger partial charge on any atom is -0.308 e. The van der Waals surface area contributed by atoms with Crippen LogP contribution < -0.4 is 11.3 Å². The number of hydrogen-bond donors (Lipinski definition) is 2. The summed E-state index contributed by atoms with van der Waals surface area (Å²) in [6.07, 6.45) is 0. The summed E-state index contributed by atoms with van der Waals surface area (Å²) in [6, 6.07) is 5.18. The molecule has 1 rings (SSSR count). The minimum atomic E-state index is 0.436. The third-order valence-corrected chi connectivity index (χ3v) is 1.07. The van der Waals surface area contributed by atoms with Crippen molar-refractivity contribution in [2.45, 2.75) is 0 Å². The number of hydrazine groups is 1. The fourth-order valence-electron chi connectivity index (χ4n) is 0.489. The van der Waals surface area contributed by atoms with Crippen molar-refractivity contribution >= 4 is 17.4 Å². The fraction of sp³-hybridized carbons (Fsp3) is 0. The molecule has 48 valence electrons. The molecule has 1 aromatic rings. The van der Waals surface area contributed by atoms with Crippen LogP contribution in [0, 0.1) is 0 Å². The van der Waals surface area contributed by atoms with E-state index in [-0.39, 0.29) is 0 Å². The van der Waals surface area contributed by atoms with Crippen molar-refractivity contribution in [3.05, 3.63) is 23.4 Å². The predicted molar refractivity (Wildman–Crippen MR) is 37.1 cm³/mol. The number of nitrogen functional groups attached to an aromatic ring is 1. The van der Waals surface area contributed by atoms with Crippen molar-refractivity contribution in [3.8, 4) is 0 Å². The molecule has 9 heavy (non-hydrogen) atoms. The van der Waals surface area contributed by atoms with E-state index < -0.39 is 0 Å². The molecule has 0 aliphatic heterocycles. The van der Waals surface area contributed by atoms with Crippen LogP contribution in [-0.2, 0) is 0 Å². The molecule has 0 aromatic carbocycles. The lowest BCUT2D eigenvalue weighted by Crippen LogP contribution is -2.07. The van der Waals surface area contributed by atoms with E-state index in [1.54, 1.807) is 18.2 Å². The topological polar surface area (TPSA) is 50.9 Å². The highest BCUT2D eigenvalue weighted by atomic mass is 35.5. The summed E-state index contributed by atoms with van der Waals surface area (Å²) >= 11 is 5.52. The van der Waals surface area contributed by atoms with Crippen LogP contribution in [0.1, 0.15) is 0 Å². The maximum Gasteiger partial charge on any atom is 0.141 e. The van der Waals surface area contributed by atoms with Gasteiger partial charge < -0.3 is 5.43 Å². The van der Waals surface area contributed by atoms with Crippen LogP contribution in [0.2, 0.25) is 5.15 Å². The van der Waals surface area contributed by atoms with Gasteiger partial charge in [0, 0.05) is 0 Å². The average Bonchev–Trinajstić information content (AvgIpc) is 1.88. The van der Waals surface area contributed by atoms with E-state index in [2.05, 4.69) is 10.4 Å². The number of nitrogens with two attached hydrogens (primary N) is 1. The van der Waals surface area contributed by atoms with Gasteiger partial charge in [0.15, 0.2) is 0 Å². The number of pyridine rings is 1. The zero-order valence-electron chi connectivity index (χ0n) is 4.63. The summed E-state index contributed by atoms with van der Waals surface area (Å²) < 4.78 is 0. The van der Waals surface area contributed by atoms with E-state index in [4.69, 9.17) is 17.4 Å². The van der Waals surface area contributed by atoms with Gasteiger partial charge in [0.1, 0.15) is 11.0 Å². The molecule has 0 radical (unpaired) electrons. The van der Waals surface area contributed by atoms with E-state index in [0.29, 0.717) is 11.0 Å². The van der Waals surface area contributed by atoms with Crippen LogP contribution in [-0.4, -0.2) is 4.98 Å². The lowest BCUT2D eigenvalue weighted by molar-refractivity contribution is 1.23. The van der Waals surface area contributed by atoms with E-state index in [1.807, 2.05) is 0 Å². The predicted octanol–water partition coefficient (Wildman–Crippen LogP) is 1.02. The molecule has 0 saturated heterocycles. The Morgan fingerprint density at radius 2 is 2.33 bits per heavy atom. The second-order valence-corrected chi connectivity index (χ2v) is 1.88. The normalized spacial score (nSPS) is 9.11. The monoisotopic (exact) mass is 143 g/mol. The van der Waals surface area contributed by atoms with E-state index in [1.165, 1.54) is 0 Å². The van der Waals surface area contributed by atoms with Gasteiger partial charge >= 0.3 is 0 Å². The molecule has 3 nitrogen and oxygen atoms in total. The number of rotatable bonds is 1. The molecule has 0 aliphatic carbocycles. The molecule has 0 unspecified atom stereocenters. The Labute approximate surface area is 57.8 Å². The van der Waals surface area contributed by atoms with Crippen molar-refractivity contribution in [2.75, 3.05) is 5.43 Å². The third-order valence-electron chi connectivity index (χ3n) is 0.863. The number of hydrogen-bond acceptors (Lipinski definition) is 3. The quantitative estimate of drug-likeness (QED) is 0.351.